The number of amides is 1. The van der Waals surface area contributed by atoms with Crippen molar-refractivity contribution in [1.82, 2.24) is 19.6 Å². The largest absolute Gasteiger partial charge is 0.462 e. The molecule has 7 nitrogen and oxygen atoms in total. The van der Waals surface area contributed by atoms with Gasteiger partial charge in [-0.2, -0.15) is 0 Å². The van der Waals surface area contributed by atoms with Crippen LogP contribution in [-0.4, -0.2) is 25.5 Å². The minimum absolute atomic E-state index is 0.173. The topological polar surface area (TPSA) is 85.3 Å². The molecule has 110 valence electrons. The normalized spacial score (nSPS) is 11.1. The van der Waals surface area contributed by atoms with Crippen molar-refractivity contribution in [1.29, 1.82) is 0 Å². The predicted molar refractivity (Wildman–Crippen MR) is 83.0 cm³/mol. The van der Waals surface area contributed by atoms with Crippen molar-refractivity contribution < 1.29 is 9.21 Å². The lowest BCUT2D eigenvalue weighted by Crippen LogP contribution is -2.14. The average molecular weight is 331 g/mol. The van der Waals surface area contributed by atoms with E-state index in [0.29, 0.717) is 15.9 Å². The van der Waals surface area contributed by atoms with E-state index < -0.39 is 0 Å². The highest BCUT2D eigenvalue weighted by Crippen LogP contribution is 2.26. The van der Waals surface area contributed by atoms with Crippen molar-refractivity contribution in [3.8, 4) is 10.8 Å². The summed E-state index contributed by atoms with van der Waals surface area (Å²) in [6.45, 7) is 0. The number of imidazole rings is 1. The highest BCUT2D eigenvalue weighted by Gasteiger charge is 2.13. The zero-order valence-electron chi connectivity index (χ0n) is 11.1. The van der Waals surface area contributed by atoms with E-state index in [0.717, 1.165) is 10.7 Å². The number of furan rings is 1. The van der Waals surface area contributed by atoms with E-state index in [1.807, 2.05) is 22.2 Å². The Morgan fingerprint density at radius 1 is 1.41 bits per heavy atom. The quantitative estimate of drug-likeness (QED) is 0.621. The van der Waals surface area contributed by atoms with Crippen molar-refractivity contribution in [3.05, 3.63) is 41.9 Å². The third-order valence-corrected chi connectivity index (χ3v) is 4.51. The van der Waals surface area contributed by atoms with Gasteiger partial charge in [0.15, 0.2) is 15.7 Å². The third kappa shape index (κ3) is 2.51. The van der Waals surface area contributed by atoms with Crippen LogP contribution in [0.15, 0.2) is 40.6 Å². The van der Waals surface area contributed by atoms with Gasteiger partial charge in [0.05, 0.1) is 18.4 Å². The third-order valence-electron chi connectivity index (χ3n) is 2.89. The Labute approximate surface area is 132 Å². The second-order valence-corrected chi connectivity index (χ2v) is 6.29. The van der Waals surface area contributed by atoms with Crippen LogP contribution in [0.3, 0.4) is 0 Å². The molecule has 0 aliphatic heterocycles. The summed E-state index contributed by atoms with van der Waals surface area (Å²) in [6, 6.07) is 3.57. The molecule has 1 amide bonds. The molecule has 0 fully saturated rings. The molecule has 0 spiro atoms. The number of hydrogen-bond acceptors (Lipinski definition) is 7. The lowest BCUT2D eigenvalue weighted by molar-refractivity contribution is -0.115. The molecule has 0 bridgehead atoms. The number of thiazole rings is 1. The van der Waals surface area contributed by atoms with Gasteiger partial charge < -0.3 is 9.73 Å². The Hall–Kier alpha value is -2.52. The van der Waals surface area contributed by atoms with Crippen LogP contribution in [-0.2, 0) is 11.2 Å². The van der Waals surface area contributed by atoms with E-state index in [1.165, 1.54) is 22.7 Å². The van der Waals surface area contributed by atoms with Gasteiger partial charge in [-0.3, -0.25) is 9.20 Å². The van der Waals surface area contributed by atoms with Crippen LogP contribution in [0.2, 0.25) is 0 Å². The highest BCUT2D eigenvalue weighted by atomic mass is 32.1. The number of hydrogen-bond donors (Lipinski definition) is 1. The van der Waals surface area contributed by atoms with Crippen molar-refractivity contribution in [3.63, 3.8) is 0 Å². The molecule has 1 N–H and O–H groups in total. The van der Waals surface area contributed by atoms with Crippen LogP contribution in [0.1, 0.15) is 5.69 Å². The lowest BCUT2D eigenvalue weighted by Gasteiger charge is -1.97. The Kier molecular flexibility index (Phi) is 3.20. The van der Waals surface area contributed by atoms with Crippen molar-refractivity contribution in [2.45, 2.75) is 6.42 Å². The summed E-state index contributed by atoms with van der Waals surface area (Å²) in [4.78, 5) is 17.3. The van der Waals surface area contributed by atoms with Gasteiger partial charge >= 0.3 is 0 Å². The molecule has 0 aliphatic rings. The molecule has 0 aliphatic carbocycles. The Morgan fingerprint density at radius 2 is 2.36 bits per heavy atom. The summed E-state index contributed by atoms with van der Waals surface area (Å²) in [5, 5.41) is 13.7. The first kappa shape index (κ1) is 13.2. The lowest BCUT2D eigenvalue weighted by atomic mass is 10.3. The van der Waals surface area contributed by atoms with Gasteiger partial charge in [0.1, 0.15) is 0 Å². The molecule has 4 rings (SSSR count). The number of fused-ring (bicyclic) bond motifs is 1. The van der Waals surface area contributed by atoms with Gasteiger partial charge in [-0.25, -0.2) is 4.98 Å². The van der Waals surface area contributed by atoms with Crippen LogP contribution in [0, 0.1) is 0 Å². The zero-order valence-corrected chi connectivity index (χ0v) is 12.7. The molecule has 0 saturated heterocycles. The first-order valence-corrected chi connectivity index (χ1v) is 8.06. The van der Waals surface area contributed by atoms with Gasteiger partial charge in [0.2, 0.25) is 11.0 Å². The van der Waals surface area contributed by atoms with Gasteiger partial charge in [0.25, 0.3) is 0 Å². The number of anilines is 1. The van der Waals surface area contributed by atoms with E-state index in [2.05, 4.69) is 20.5 Å². The van der Waals surface area contributed by atoms with Crippen LogP contribution < -0.4 is 5.32 Å². The summed E-state index contributed by atoms with van der Waals surface area (Å²) in [6.07, 6.45) is 5.53. The fourth-order valence-corrected chi connectivity index (χ4v) is 3.41. The second-order valence-electron chi connectivity index (χ2n) is 4.44. The summed E-state index contributed by atoms with van der Waals surface area (Å²) >= 11 is 2.80. The monoisotopic (exact) mass is 331 g/mol. The smallest absolute Gasteiger partial charge is 0.232 e. The molecule has 0 radical (unpaired) electrons. The molecule has 0 unspecified atom stereocenters. The van der Waals surface area contributed by atoms with Crippen LogP contribution >= 0.6 is 22.7 Å². The molecular weight excluding hydrogens is 322 g/mol. The van der Waals surface area contributed by atoms with E-state index in [-0.39, 0.29) is 12.3 Å². The van der Waals surface area contributed by atoms with Gasteiger partial charge in [-0.15, -0.1) is 21.5 Å². The number of carbonyl (C=O) groups is 1. The molecular formula is C13H9N5O2S2. The van der Waals surface area contributed by atoms with Crippen molar-refractivity contribution >= 4 is 38.7 Å². The van der Waals surface area contributed by atoms with Crippen LogP contribution in [0.4, 0.5) is 5.13 Å². The maximum atomic E-state index is 12.0. The van der Waals surface area contributed by atoms with E-state index in [1.54, 1.807) is 18.4 Å². The second kappa shape index (κ2) is 5.35. The minimum Gasteiger partial charge on any atom is -0.462 e. The number of rotatable bonds is 4. The minimum atomic E-state index is -0.173. The molecule has 22 heavy (non-hydrogen) atoms. The summed E-state index contributed by atoms with van der Waals surface area (Å²) in [5.74, 6) is 0.459. The van der Waals surface area contributed by atoms with Gasteiger partial charge in [-0.1, -0.05) is 11.3 Å². The summed E-state index contributed by atoms with van der Waals surface area (Å²) in [7, 11) is 0. The van der Waals surface area contributed by atoms with Gasteiger partial charge in [0, 0.05) is 17.8 Å². The van der Waals surface area contributed by atoms with E-state index in [4.69, 9.17) is 4.42 Å². The fourth-order valence-electron chi connectivity index (χ4n) is 1.96. The number of nitrogens with one attached hydrogen (secondary N) is 1. The molecule has 9 heteroatoms. The van der Waals surface area contributed by atoms with Crippen LogP contribution in [0.5, 0.6) is 0 Å². The predicted octanol–water partition coefficient (Wildman–Crippen LogP) is 2.69. The van der Waals surface area contributed by atoms with Crippen LogP contribution in [0.25, 0.3) is 15.7 Å². The standard InChI is InChI=1S/C13H9N5O2S2/c19-10(6-8-7-18-3-5-21-13(18)14-8)15-12-17-16-11(22-12)9-2-1-4-20-9/h1-5,7H,6H2,(H,15,17,19). The Bertz CT molecular complexity index is 893. The number of aromatic nitrogens is 4. The first-order valence-electron chi connectivity index (χ1n) is 6.36. The molecule has 0 aromatic carbocycles. The maximum absolute atomic E-state index is 12.0. The summed E-state index contributed by atoms with van der Waals surface area (Å²) in [5.41, 5.74) is 0.722. The molecule has 4 heterocycles. The maximum Gasteiger partial charge on any atom is 0.232 e. The molecule has 4 aromatic rings. The highest BCUT2D eigenvalue weighted by molar-refractivity contribution is 7.18. The first-order chi connectivity index (χ1) is 10.8. The SMILES string of the molecule is O=C(Cc1cn2ccsc2n1)Nc1nnc(-c2ccco2)s1. The summed E-state index contributed by atoms with van der Waals surface area (Å²) < 4.78 is 7.14. The fraction of sp³-hybridized carbons (Fsp3) is 0.0769. The Morgan fingerprint density at radius 3 is 3.18 bits per heavy atom. The Balaban J connectivity index is 1.44. The molecule has 0 atom stereocenters. The zero-order chi connectivity index (χ0) is 14.9. The van der Waals surface area contributed by atoms with Gasteiger partial charge in [-0.05, 0) is 12.1 Å². The van der Waals surface area contributed by atoms with Crippen molar-refractivity contribution in [2.24, 2.45) is 0 Å². The average Bonchev–Trinajstić information content (AvgIpc) is 3.22. The van der Waals surface area contributed by atoms with E-state index in [9.17, 15) is 4.79 Å². The number of nitrogens with zero attached hydrogens (tertiary/aromatic N) is 4. The molecule has 0 saturated carbocycles. The van der Waals surface area contributed by atoms with Crippen molar-refractivity contribution in [2.75, 3.05) is 5.32 Å². The molecule has 4 aromatic heterocycles. The number of carbonyl (C=O) groups excluding carboxylic acids is 1. The van der Waals surface area contributed by atoms with E-state index >= 15 is 0 Å².